The van der Waals surface area contributed by atoms with E-state index in [1.807, 2.05) is 30.4 Å². The van der Waals surface area contributed by atoms with Crippen molar-refractivity contribution in [3.05, 3.63) is 275 Å². The van der Waals surface area contributed by atoms with Crippen molar-refractivity contribution in [1.29, 1.82) is 0 Å². The Balaban J connectivity index is 0.000000185. The monoisotopic (exact) mass is 851 g/mol. The summed E-state index contributed by atoms with van der Waals surface area (Å²) >= 11 is 0. The maximum absolute atomic E-state index is 3.91. The summed E-state index contributed by atoms with van der Waals surface area (Å²) in [5, 5.41) is 2.76. The van der Waals surface area contributed by atoms with E-state index in [-0.39, 0.29) is 5.41 Å². The van der Waals surface area contributed by atoms with E-state index in [0.29, 0.717) is 0 Å². The minimum Gasteiger partial charge on any atom is -0.0990 e. The zero-order valence-electron chi connectivity index (χ0n) is 40.6. The first kappa shape index (κ1) is 49.3. The van der Waals surface area contributed by atoms with Crippen LogP contribution in [0, 0.1) is 6.92 Å². The molecule has 5 aromatic carbocycles. The molecule has 0 nitrogen and oxygen atoms in total. The van der Waals surface area contributed by atoms with Crippen LogP contribution in [0.4, 0.5) is 0 Å². The molecule has 0 aliphatic heterocycles. The molecule has 2 aliphatic carbocycles. The van der Waals surface area contributed by atoms with Gasteiger partial charge >= 0.3 is 0 Å². The smallest absolute Gasteiger partial charge is 0.0141 e. The van der Waals surface area contributed by atoms with E-state index in [1.54, 1.807) is 0 Å². The summed E-state index contributed by atoms with van der Waals surface area (Å²) < 4.78 is 0. The van der Waals surface area contributed by atoms with Crippen molar-refractivity contribution in [1.82, 2.24) is 0 Å². The fourth-order valence-electron chi connectivity index (χ4n) is 8.27. The molecule has 65 heavy (non-hydrogen) atoms. The molecular formula is C65H70. The molecule has 1 unspecified atom stereocenters. The SMILES string of the molecule is C/C=C\C(=C/C)c1ccc(C2(C)C=CC(C)=CC2)cc1.C=C/C(=C\C=C(/C)c1ccc(C)cc1)c1ccccc1.C=C/C=C1\C(=C/C)Cc2c1cc(C/C=C\C(C)=C/C)c1ccccc21. The van der Waals surface area contributed by atoms with Gasteiger partial charge < -0.3 is 0 Å². The van der Waals surface area contributed by atoms with Crippen LogP contribution in [0.25, 0.3) is 33.1 Å². The van der Waals surface area contributed by atoms with E-state index >= 15 is 0 Å². The van der Waals surface area contributed by atoms with Crippen molar-refractivity contribution >= 4 is 33.1 Å². The fourth-order valence-corrected chi connectivity index (χ4v) is 8.27. The summed E-state index contributed by atoms with van der Waals surface area (Å²) in [7, 11) is 0. The van der Waals surface area contributed by atoms with Crippen molar-refractivity contribution in [2.45, 2.75) is 87.0 Å². The van der Waals surface area contributed by atoms with Gasteiger partial charge in [0.05, 0.1) is 0 Å². The van der Waals surface area contributed by atoms with Gasteiger partial charge in [-0.25, -0.2) is 0 Å². The van der Waals surface area contributed by atoms with E-state index < -0.39 is 0 Å². The Morgan fingerprint density at radius 1 is 0.708 bits per heavy atom. The zero-order chi connectivity index (χ0) is 46.8. The molecule has 2 aliphatic rings. The van der Waals surface area contributed by atoms with E-state index in [2.05, 4.69) is 245 Å². The van der Waals surface area contributed by atoms with Crippen LogP contribution in [0.2, 0.25) is 0 Å². The van der Waals surface area contributed by atoms with Crippen LogP contribution >= 0.6 is 0 Å². The molecule has 0 amide bonds. The minimum absolute atomic E-state index is 0.134. The Bertz CT molecular complexity index is 2740. The molecule has 0 heteroatoms. The predicted octanol–water partition coefficient (Wildman–Crippen LogP) is 18.5. The van der Waals surface area contributed by atoms with Gasteiger partial charge in [-0.3, -0.25) is 0 Å². The highest BCUT2D eigenvalue weighted by molar-refractivity contribution is 5.99. The van der Waals surface area contributed by atoms with Crippen molar-refractivity contribution in [2.24, 2.45) is 0 Å². The average Bonchev–Trinajstić information content (AvgIpc) is 3.70. The topological polar surface area (TPSA) is 0 Å². The van der Waals surface area contributed by atoms with Crippen molar-refractivity contribution in [2.75, 3.05) is 0 Å². The van der Waals surface area contributed by atoms with Gasteiger partial charge in [0.2, 0.25) is 0 Å². The third kappa shape index (κ3) is 13.2. The zero-order valence-corrected chi connectivity index (χ0v) is 40.6. The normalized spacial score (nSPS) is 17.8. The van der Waals surface area contributed by atoms with Crippen LogP contribution in [0.3, 0.4) is 0 Å². The second-order valence-corrected chi connectivity index (χ2v) is 17.2. The Labute approximate surface area is 393 Å². The second-order valence-electron chi connectivity index (χ2n) is 17.2. The number of hydrogen-bond acceptors (Lipinski definition) is 0. The van der Waals surface area contributed by atoms with E-state index in [1.165, 1.54) is 88.7 Å². The van der Waals surface area contributed by atoms with Crippen molar-refractivity contribution in [3.8, 4) is 0 Å². The van der Waals surface area contributed by atoms with Gasteiger partial charge in [-0.2, -0.15) is 0 Å². The third-order valence-corrected chi connectivity index (χ3v) is 12.5. The van der Waals surface area contributed by atoms with Gasteiger partial charge in [-0.05, 0) is 158 Å². The number of hydrogen-bond donors (Lipinski definition) is 0. The van der Waals surface area contributed by atoms with Crippen molar-refractivity contribution in [3.63, 3.8) is 0 Å². The van der Waals surface area contributed by atoms with Crippen LogP contribution in [0.15, 0.2) is 230 Å². The first-order chi connectivity index (χ1) is 31.5. The molecule has 0 heterocycles. The lowest BCUT2D eigenvalue weighted by molar-refractivity contribution is 0.596. The number of rotatable bonds is 11. The number of allylic oxidation sites excluding steroid dienone is 22. The molecule has 5 aromatic rings. The molecule has 0 N–H and O–H groups in total. The Kier molecular flexibility index (Phi) is 18.4. The van der Waals surface area contributed by atoms with Crippen LogP contribution in [-0.4, -0.2) is 0 Å². The summed E-state index contributed by atoms with van der Waals surface area (Å²) in [4.78, 5) is 0. The summed E-state index contributed by atoms with van der Waals surface area (Å²) in [6, 6.07) is 39.1. The fraction of sp³-hybridized carbons (Fsp3) is 0.200. The predicted molar refractivity (Wildman–Crippen MR) is 291 cm³/mol. The summed E-state index contributed by atoms with van der Waals surface area (Å²) in [6.45, 7) is 27.0. The molecule has 7 rings (SSSR count). The van der Waals surface area contributed by atoms with Gasteiger partial charge in [0.15, 0.2) is 0 Å². The maximum Gasteiger partial charge on any atom is 0.0141 e. The molecule has 0 saturated heterocycles. The van der Waals surface area contributed by atoms with Crippen LogP contribution in [0.1, 0.15) is 106 Å². The lowest BCUT2D eigenvalue weighted by Crippen LogP contribution is -2.19. The molecule has 330 valence electrons. The largest absolute Gasteiger partial charge is 0.0990 e. The first-order valence-corrected chi connectivity index (χ1v) is 23.2. The molecule has 0 spiro atoms. The Hall–Kier alpha value is -6.76. The minimum atomic E-state index is 0.134. The van der Waals surface area contributed by atoms with E-state index in [4.69, 9.17) is 0 Å². The molecular weight excluding hydrogens is 781 g/mol. The van der Waals surface area contributed by atoms with Crippen LogP contribution in [-0.2, 0) is 18.3 Å². The van der Waals surface area contributed by atoms with Crippen LogP contribution in [0.5, 0.6) is 0 Å². The molecule has 0 radical (unpaired) electrons. The van der Waals surface area contributed by atoms with Gasteiger partial charge in [0, 0.05) is 5.41 Å². The average molecular weight is 851 g/mol. The highest BCUT2D eigenvalue weighted by Gasteiger charge is 2.25. The molecule has 0 fully saturated rings. The van der Waals surface area contributed by atoms with Crippen LogP contribution < -0.4 is 0 Å². The highest BCUT2D eigenvalue weighted by Crippen LogP contribution is 2.42. The standard InChI is InChI=1S/C25H26.C20H24.C20H20/c1-5-11-21-19(7-3)16-25-23-15-9-8-14-22(23)20(17-24(21)25)13-10-12-18(4)6-2;1-5-7-17(6-2)18-8-10-19(11-9-18)20(4)14-12-16(3)13-15-20;1-4-18(20-8-6-5-7-9-20)15-12-17(3)19-13-10-16(2)11-14-19/h5-12,14-15,17H,1,13,16H2,2-4H3;5-14H,15H2,1-4H3;4-15H,1H2,2-3H3/b12-10-,18-6-,19-7-,21-11+;7-5-,17-6+;17-12+,18-15+. The highest BCUT2D eigenvalue weighted by atomic mass is 14.3. The summed E-state index contributed by atoms with van der Waals surface area (Å²) in [5.74, 6) is 0. The van der Waals surface area contributed by atoms with Gasteiger partial charge in [0.1, 0.15) is 0 Å². The lowest BCUT2D eigenvalue weighted by Gasteiger charge is -2.28. The second kappa shape index (κ2) is 24.3. The summed E-state index contributed by atoms with van der Waals surface area (Å²) in [5.41, 5.74) is 19.8. The molecule has 0 aromatic heterocycles. The Morgan fingerprint density at radius 3 is 1.97 bits per heavy atom. The number of benzene rings is 5. The van der Waals surface area contributed by atoms with Crippen molar-refractivity contribution < 1.29 is 0 Å². The molecule has 1 atom stereocenters. The molecule has 0 bridgehead atoms. The van der Waals surface area contributed by atoms with Gasteiger partial charge in [-0.15, -0.1) is 0 Å². The first-order valence-electron chi connectivity index (χ1n) is 23.2. The third-order valence-electron chi connectivity index (χ3n) is 12.5. The summed E-state index contributed by atoms with van der Waals surface area (Å²) in [6.07, 6.45) is 35.4. The Morgan fingerprint density at radius 2 is 1.37 bits per heavy atom. The molecule has 0 saturated carbocycles. The van der Waals surface area contributed by atoms with Gasteiger partial charge in [-0.1, -0.05) is 231 Å². The quantitative estimate of drug-likeness (QED) is 0.116. The van der Waals surface area contributed by atoms with E-state index in [9.17, 15) is 0 Å². The van der Waals surface area contributed by atoms with E-state index in [0.717, 1.165) is 24.8 Å². The number of fused-ring (bicyclic) bond motifs is 3. The lowest BCUT2D eigenvalue weighted by atomic mass is 9.76. The maximum atomic E-state index is 3.91. The number of aryl methyl sites for hydroxylation is 1. The van der Waals surface area contributed by atoms with Gasteiger partial charge in [0.25, 0.3) is 0 Å².